The maximum atomic E-state index is 13.4. The van der Waals surface area contributed by atoms with E-state index >= 15 is 0 Å². The van der Waals surface area contributed by atoms with Gasteiger partial charge in [0.1, 0.15) is 0 Å². The molecule has 2 aromatic carbocycles. The summed E-state index contributed by atoms with van der Waals surface area (Å²) in [4.78, 5) is 47.4. The third-order valence-corrected chi connectivity index (χ3v) is 4.77. The Kier molecular flexibility index (Phi) is 6.61. The molecule has 10 nitrogen and oxygen atoms in total. The van der Waals surface area contributed by atoms with Crippen LogP contribution in [0.1, 0.15) is 28.7 Å². The lowest BCUT2D eigenvalue weighted by atomic mass is 10.1. The molecule has 0 aliphatic heterocycles. The Hall–Kier alpha value is -4.41. The second-order valence-corrected chi connectivity index (χ2v) is 7.08. The Morgan fingerprint density at radius 2 is 1.82 bits per heavy atom. The Morgan fingerprint density at radius 3 is 2.45 bits per heavy atom. The monoisotopic (exact) mass is 454 g/mol. The molecule has 1 atom stereocenters. The van der Waals surface area contributed by atoms with Gasteiger partial charge < -0.3 is 10.1 Å². The number of hydrogen-bond donors (Lipinski definition) is 1. The number of ketones is 1. The Labute approximate surface area is 187 Å². The van der Waals surface area contributed by atoms with Crippen molar-refractivity contribution in [3.8, 4) is 5.69 Å². The van der Waals surface area contributed by atoms with Gasteiger partial charge in [0.25, 0.3) is 11.7 Å². The Balaban J connectivity index is 1.72. The quantitative estimate of drug-likeness (QED) is 0.190. The fourth-order valence-electron chi connectivity index (χ4n) is 3.14. The van der Waals surface area contributed by atoms with E-state index in [1.54, 1.807) is 38.1 Å². The summed E-state index contributed by atoms with van der Waals surface area (Å²) in [6, 6.07) is 11.8. The van der Waals surface area contributed by atoms with E-state index in [9.17, 15) is 28.9 Å². The van der Waals surface area contributed by atoms with E-state index in [0.717, 1.165) is 18.2 Å². The summed E-state index contributed by atoms with van der Waals surface area (Å²) in [5, 5.41) is 17.4. The third kappa shape index (κ3) is 4.92. The molecule has 0 spiro atoms. The van der Waals surface area contributed by atoms with Crippen LogP contribution in [-0.4, -0.2) is 38.5 Å². The van der Waals surface area contributed by atoms with Gasteiger partial charge in [-0.1, -0.05) is 18.2 Å². The Morgan fingerprint density at radius 1 is 1.15 bits per heavy atom. The molecular weight excluding hydrogens is 435 g/mol. The van der Waals surface area contributed by atoms with Crippen LogP contribution in [0.2, 0.25) is 0 Å². The second kappa shape index (κ2) is 9.39. The standard InChI is InChI=1S/C22H19FN4O6/c1-12-19(13(2)26(25-12)16-7-5-4-6-8-16)20(28)22(30)33-14(3)21(29)24-15-9-10-17(23)18(11-15)27(31)32/h4-11,14H,1-3H3,(H,24,29). The number of anilines is 1. The fourth-order valence-corrected chi connectivity index (χ4v) is 3.14. The third-order valence-electron chi connectivity index (χ3n) is 4.77. The molecule has 0 radical (unpaired) electrons. The molecule has 170 valence electrons. The van der Waals surface area contributed by atoms with Crippen molar-refractivity contribution < 1.29 is 28.4 Å². The molecule has 3 rings (SSSR count). The largest absolute Gasteiger partial charge is 0.447 e. The summed E-state index contributed by atoms with van der Waals surface area (Å²) >= 11 is 0. The highest BCUT2D eigenvalue weighted by Gasteiger charge is 2.29. The molecule has 0 fully saturated rings. The highest BCUT2D eigenvalue weighted by molar-refractivity contribution is 6.41. The lowest BCUT2D eigenvalue weighted by Crippen LogP contribution is -2.32. The van der Waals surface area contributed by atoms with Crippen LogP contribution in [0.3, 0.4) is 0 Å². The smallest absolute Gasteiger partial charge is 0.380 e. The number of hydrogen-bond acceptors (Lipinski definition) is 7. The first-order valence-electron chi connectivity index (χ1n) is 9.72. The predicted molar refractivity (Wildman–Crippen MR) is 115 cm³/mol. The lowest BCUT2D eigenvalue weighted by Gasteiger charge is -2.13. The summed E-state index contributed by atoms with van der Waals surface area (Å²) in [7, 11) is 0. The molecule has 11 heteroatoms. The van der Waals surface area contributed by atoms with Gasteiger partial charge in [0.05, 0.1) is 27.6 Å². The number of nitrogens with one attached hydrogen (secondary N) is 1. The molecule has 0 aliphatic carbocycles. The fraction of sp³-hybridized carbons (Fsp3) is 0.182. The number of carbonyl (C=O) groups excluding carboxylic acids is 3. The topological polar surface area (TPSA) is 133 Å². The molecule has 0 aliphatic rings. The molecule has 1 amide bonds. The number of carbonyl (C=O) groups is 3. The molecule has 1 N–H and O–H groups in total. The van der Waals surface area contributed by atoms with Crippen LogP contribution in [-0.2, 0) is 14.3 Å². The highest BCUT2D eigenvalue weighted by atomic mass is 19.1. The maximum Gasteiger partial charge on any atom is 0.380 e. The first kappa shape index (κ1) is 23.3. The van der Waals surface area contributed by atoms with Crippen LogP contribution in [0, 0.1) is 29.8 Å². The molecule has 0 saturated carbocycles. The van der Waals surface area contributed by atoms with E-state index in [4.69, 9.17) is 4.74 Å². The average Bonchev–Trinajstić information content (AvgIpc) is 3.08. The summed E-state index contributed by atoms with van der Waals surface area (Å²) in [5.74, 6) is -4.15. The van der Waals surface area contributed by atoms with Gasteiger partial charge >= 0.3 is 11.7 Å². The molecule has 1 aromatic heterocycles. The minimum absolute atomic E-state index is 0.0608. The molecule has 0 saturated heterocycles. The van der Waals surface area contributed by atoms with Gasteiger partial charge in [-0.3, -0.25) is 19.7 Å². The number of nitro benzene ring substituents is 1. The minimum atomic E-state index is -1.41. The van der Waals surface area contributed by atoms with E-state index in [1.165, 1.54) is 11.6 Å². The normalized spacial score (nSPS) is 11.5. The molecule has 1 heterocycles. The van der Waals surface area contributed by atoms with Crippen molar-refractivity contribution in [3.63, 3.8) is 0 Å². The number of benzene rings is 2. The summed E-state index contributed by atoms with van der Waals surface area (Å²) in [6.07, 6.45) is -1.41. The van der Waals surface area contributed by atoms with Crippen molar-refractivity contribution in [2.24, 2.45) is 0 Å². The zero-order chi connectivity index (χ0) is 24.3. The van der Waals surface area contributed by atoms with Crippen LogP contribution in [0.25, 0.3) is 5.69 Å². The number of para-hydroxylation sites is 1. The second-order valence-electron chi connectivity index (χ2n) is 7.08. The van der Waals surface area contributed by atoms with Gasteiger partial charge in [0.2, 0.25) is 5.82 Å². The summed E-state index contributed by atoms with van der Waals surface area (Å²) in [6.45, 7) is 4.43. The van der Waals surface area contributed by atoms with Crippen LogP contribution in [0.5, 0.6) is 0 Å². The van der Waals surface area contributed by atoms with Crippen LogP contribution < -0.4 is 5.32 Å². The SMILES string of the molecule is Cc1nn(-c2ccccc2)c(C)c1C(=O)C(=O)OC(C)C(=O)Nc1ccc(F)c([N+](=O)[O-])c1. The molecule has 0 bridgehead atoms. The average molecular weight is 454 g/mol. The number of ether oxygens (including phenoxy) is 1. The van der Waals surface area contributed by atoms with E-state index in [1.807, 2.05) is 6.07 Å². The van der Waals surface area contributed by atoms with Crippen LogP contribution in [0.15, 0.2) is 48.5 Å². The number of nitro groups is 1. The highest BCUT2D eigenvalue weighted by Crippen LogP contribution is 2.22. The molecule has 1 unspecified atom stereocenters. The summed E-state index contributed by atoms with van der Waals surface area (Å²) < 4.78 is 19.9. The summed E-state index contributed by atoms with van der Waals surface area (Å²) in [5.41, 5.74) is 0.606. The Bertz CT molecular complexity index is 1260. The number of esters is 1. The zero-order valence-corrected chi connectivity index (χ0v) is 17.9. The van der Waals surface area contributed by atoms with Crippen molar-refractivity contribution in [2.45, 2.75) is 26.9 Å². The number of amides is 1. The van der Waals surface area contributed by atoms with E-state index in [0.29, 0.717) is 17.1 Å². The van der Waals surface area contributed by atoms with E-state index < -0.39 is 40.2 Å². The van der Waals surface area contributed by atoms with Crippen molar-refractivity contribution in [3.05, 3.63) is 81.4 Å². The number of aromatic nitrogens is 2. The van der Waals surface area contributed by atoms with Gasteiger partial charge in [-0.15, -0.1) is 0 Å². The van der Waals surface area contributed by atoms with Gasteiger partial charge in [-0.05, 0) is 45.0 Å². The number of rotatable bonds is 7. The first-order valence-corrected chi connectivity index (χ1v) is 9.72. The first-order chi connectivity index (χ1) is 15.6. The van der Waals surface area contributed by atoms with E-state index in [-0.39, 0.29) is 11.3 Å². The maximum absolute atomic E-state index is 13.4. The van der Waals surface area contributed by atoms with Crippen molar-refractivity contribution >= 4 is 29.0 Å². The molecule has 3 aromatic rings. The predicted octanol–water partition coefficient (Wildman–Crippen LogP) is 3.29. The molecular formula is C22H19FN4O6. The van der Waals surface area contributed by atoms with Gasteiger partial charge in [-0.25, -0.2) is 9.48 Å². The van der Waals surface area contributed by atoms with Crippen molar-refractivity contribution in [1.82, 2.24) is 9.78 Å². The number of halogens is 1. The molecule has 33 heavy (non-hydrogen) atoms. The lowest BCUT2D eigenvalue weighted by molar-refractivity contribution is -0.387. The van der Waals surface area contributed by atoms with Crippen molar-refractivity contribution in [1.29, 1.82) is 0 Å². The van der Waals surface area contributed by atoms with Gasteiger partial charge in [-0.2, -0.15) is 9.49 Å². The number of nitrogens with zero attached hydrogens (tertiary/aromatic N) is 3. The van der Waals surface area contributed by atoms with Gasteiger partial charge in [0, 0.05) is 11.8 Å². The number of Topliss-reactive ketones (excluding diaryl/α,β-unsaturated/α-hetero) is 1. The minimum Gasteiger partial charge on any atom is -0.447 e. The van der Waals surface area contributed by atoms with Crippen LogP contribution >= 0.6 is 0 Å². The number of aryl methyl sites for hydroxylation is 1. The van der Waals surface area contributed by atoms with Gasteiger partial charge in [0.15, 0.2) is 6.10 Å². The van der Waals surface area contributed by atoms with Crippen molar-refractivity contribution in [2.75, 3.05) is 5.32 Å². The van der Waals surface area contributed by atoms with Crippen LogP contribution in [0.4, 0.5) is 15.8 Å². The zero-order valence-electron chi connectivity index (χ0n) is 17.9. The van der Waals surface area contributed by atoms with E-state index in [2.05, 4.69) is 10.4 Å².